The first kappa shape index (κ1) is 13.4. The highest BCUT2D eigenvalue weighted by Gasteiger charge is 2.30. The number of hydrogen-bond donors (Lipinski definition) is 1. The summed E-state index contributed by atoms with van der Waals surface area (Å²) in [4.78, 5) is 4.48. The first-order valence-electron chi connectivity index (χ1n) is 7.42. The van der Waals surface area contributed by atoms with Gasteiger partial charge in [0.25, 0.3) is 0 Å². The second-order valence-electron chi connectivity index (χ2n) is 6.24. The summed E-state index contributed by atoms with van der Waals surface area (Å²) >= 11 is 0. The van der Waals surface area contributed by atoms with Crippen molar-refractivity contribution < 1.29 is 4.42 Å². The summed E-state index contributed by atoms with van der Waals surface area (Å²) in [5.41, 5.74) is 0.413. The van der Waals surface area contributed by atoms with E-state index in [9.17, 15) is 0 Å². The van der Waals surface area contributed by atoms with Gasteiger partial charge in [-0.25, -0.2) is 4.98 Å². The highest BCUT2D eigenvalue weighted by molar-refractivity contribution is 5.15. The van der Waals surface area contributed by atoms with Crippen molar-refractivity contribution in [2.45, 2.75) is 38.6 Å². The molecule has 0 saturated heterocycles. The number of nitrogens with zero attached hydrogens (tertiary/aromatic N) is 2. The van der Waals surface area contributed by atoms with Gasteiger partial charge in [0.2, 0.25) is 0 Å². The molecule has 0 spiro atoms. The van der Waals surface area contributed by atoms with E-state index in [1.807, 2.05) is 31.6 Å². The van der Waals surface area contributed by atoms with E-state index in [0.717, 1.165) is 18.1 Å². The molecule has 20 heavy (non-hydrogen) atoms. The van der Waals surface area contributed by atoms with Gasteiger partial charge in [0, 0.05) is 26.0 Å². The van der Waals surface area contributed by atoms with Gasteiger partial charge in [0.05, 0.1) is 6.26 Å². The minimum Gasteiger partial charge on any atom is -0.467 e. The van der Waals surface area contributed by atoms with Gasteiger partial charge in [0.1, 0.15) is 17.6 Å². The first-order valence-corrected chi connectivity index (χ1v) is 7.42. The van der Waals surface area contributed by atoms with Crippen LogP contribution in [0.4, 0.5) is 0 Å². The van der Waals surface area contributed by atoms with Gasteiger partial charge < -0.3 is 14.3 Å². The Kier molecular flexibility index (Phi) is 3.66. The number of imidazole rings is 1. The molecule has 0 amide bonds. The lowest BCUT2D eigenvalue weighted by Gasteiger charge is -2.27. The van der Waals surface area contributed by atoms with Crippen LogP contribution < -0.4 is 5.32 Å². The molecule has 3 rings (SSSR count). The zero-order valence-electron chi connectivity index (χ0n) is 12.3. The standard InChI is InChI=1S/C16H23N3O/c1-16(7-3-4-8-16)12-18-14(13-6-5-11-20-13)15-17-9-10-19(15)2/h5-6,9-11,14,18H,3-4,7-8,12H2,1-2H3. The van der Waals surface area contributed by atoms with Crippen molar-refractivity contribution in [2.75, 3.05) is 6.54 Å². The molecule has 1 unspecified atom stereocenters. The van der Waals surface area contributed by atoms with E-state index in [0.29, 0.717) is 5.41 Å². The van der Waals surface area contributed by atoms with Gasteiger partial charge in [-0.1, -0.05) is 19.8 Å². The third-order valence-electron chi connectivity index (χ3n) is 4.49. The van der Waals surface area contributed by atoms with Gasteiger partial charge in [-0.2, -0.15) is 0 Å². The van der Waals surface area contributed by atoms with Crippen molar-refractivity contribution >= 4 is 0 Å². The average molecular weight is 273 g/mol. The Bertz CT molecular complexity index is 538. The molecule has 1 atom stereocenters. The van der Waals surface area contributed by atoms with Crippen LogP contribution in [0.2, 0.25) is 0 Å². The molecular formula is C16H23N3O. The molecule has 1 N–H and O–H groups in total. The van der Waals surface area contributed by atoms with Gasteiger partial charge in [-0.05, 0) is 30.4 Å². The van der Waals surface area contributed by atoms with Crippen molar-refractivity contribution in [3.63, 3.8) is 0 Å². The molecule has 2 heterocycles. The lowest BCUT2D eigenvalue weighted by Crippen LogP contribution is -2.34. The number of rotatable bonds is 5. The maximum atomic E-state index is 5.61. The molecule has 0 aliphatic heterocycles. The number of aryl methyl sites for hydroxylation is 1. The van der Waals surface area contributed by atoms with Crippen LogP contribution in [-0.2, 0) is 7.05 Å². The molecule has 108 valence electrons. The maximum Gasteiger partial charge on any atom is 0.133 e. The molecule has 4 nitrogen and oxygen atoms in total. The quantitative estimate of drug-likeness (QED) is 0.909. The Morgan fingerprint density at radius 3 is 2.85 bits per heavy atom. The van der Waals surface area contributed by atoms with Crippen LogP contribution in [-0.4, -0.2) is 16.1 Å². The van der Waals surface area contributed by atoms with E-state index >= 15 is 0 Å². The number of furan rings is 1. The minimum absolute atomic E-state index is 0.0300. The van der Waals surface area contributed by atoms with Crippen LogP contribution in [0.1, 0.15) is 50.2 Å². The van der Waals surface area contributed by atoms with Crippen LogP contribution >= 0.6 is 0 Å². The predicted molar refractivity (Wildman–Crippen MR) is 78.3 cm³/mol. The van der Waals surface area contributed by atoms with E-state index in [1.165, 1.54) is 25.7 Å². The highest BCUT2D eigenvalue weighted by atomic mass is 16.3. The van der Waals surface area contributed by atoms with E-state index in [-0.39, 0.29) is 6.04 Å². The lowest BCUT2D eigenvalue weighted by atomic mass is 9.88. The number of aromatic nitrogens is 2. The van der Waals surface area contributed by atoms with Crippen LogP contribution in [0.15, 0.2) is 35.2 Å². The zero-order chi connectivity index (χ0) is 14.0. The van der Waals surface area contributed by atoms with E-state index in [2.05, 4.69) is 21.8 Å². The highest BCUT2D eigenvalue weighted by Crippen LogP contribution is 2.37. The zero-order valence-corrected chi connectivity index (χ0v) is 12.3. The molecule has 0 aromatic carbocycles. The molecule has 1 saturated carbocycles. The SMILES string of the molecule is Cn1ccnc1C(NCC1(C)CCCC1)c1ccco1. The first-order chi connectivity index (χ1) is 9.68. The average Bonchev–Trinajstić information content (AvgIpc) is 3.14. The Morgan fingerprint density at radius 2 is 2.25 bits per heavy atom. The van der Waals surface area contributed by atoms with E-state index in [1.54, 1.807) is 6.26 Å². The summed E-state index contributed by atoms with van der Waals surface area (Å²) in [6.07, 6.45) is 10.9. The smallest absolute Gasteiger partial charge is 0.133 e. The minimum atomic E-state index is 0.0300. The lowest BCUT2D eigenvalue weighted by molar-refractivity contribution is 0.292. The predicted octanol–water partition coefficient (Wildman–Crippen LogP) is 3.27. The molecule has 1 aliphatic carbocycles. The van der Waals surface area contributed by atoms with Gasteiger partial charge in [-0.15, -0.1) is 0 Å². The Labute approximate surface area is 120 Å². The number of nitrogens with one attached hydrogen (secondary N) is 1. The summed E-state index contributed by atoms with van der Waals surface area (Å²) in [5, 5.41) is 3.67. The third-order valence-corrected chi connectivity index (χ3v) is 4.49. The monoisotopic (exact) mass is 273 g/mol. The Balaban J connectivity index is 1.78. The molecule has 1 fully saturated rings. The van der Waals surface area contributed by atoms with Crippen molar-refractivity contribution in [2.24, 2.45) is 12.5 Å². The van der Waals surface area contributed by atoms with Crippen molar-refractivity contribution in [1.29, 1.82) is 0 Å². The van der Waals surface area contributed by atoms with Crippen LogP contribution in [0.3, 0.4) is 0 Å². The van der Waals surface area contributed by atoms with Gasteiger partial charge in [-0.3, -0.25) is 0 Å². The fraction of sp³-hybridized carbons (Fsp3) is 0.562. The van der Waals surface area contributed by atoms with Crippen LogP contribution in [0.5, 0.6) is 0 Å². The van der Waals surface area contributed by atoms with Gasteiger partial charge >= 0.3 is 0 Å². The molecule has 4 heteroatoms. The van der Waals surface area contributed by atoms with E-state index < -0.39 is 0 Å². The van der Waals surface area contributed by atoms with E-state index in [4.69, 9.17) is 4.42 Å². The second kappa shape index (κ2) is 5.44. The number of hydrogen-bond acceptors (Lipinski definition) is 3. The normalized spacial score (nSPS) is 19.3. The summed E-state index contributed by atoms with van der Waals surface area (Å²) in [7, 11) is 2.03. The third kappa shape index (κ3) is 2.66. The second-order valence-corrected chi connectivity index (χ2v) is 6.24. The summed E-state index contributed by atoms with van der Waals surface area (Å²) in [5.74, 6) is 1.93. The fourth-order valence-electron chi connectivity index (χ4n) is 3.18. The molecule has 0 bridgehead atoms. The Morgan fingerprint density at radius 1 is 1.45 bits per heavy atom. The largest absolute Gasteiger partial charge is 0.467 e. The van der Waals surface area contributed by atoms with Crippen LogP contribution in [0.25, 0.3) is 0 Å². The van der Waals surface area contributed by atoms with Crippen molar-refractivity contribution in [3.8, 4) is 0 Å². The summed E-state index contributed by atoms with van der Waals surface area (Å²) < 4.78 is 7.66. The maximum absolute atomic E-state index is 5.61. The van der Waals surface area contributed by atoms with Crippen molar-refractivity contribution in [3.05, 3.63) is 42.4 Å². The van der Waals surface area contributed by atoms with Crippen LogP contribution in [0, 0.1) is 5.41 Å². The summed E-state index contributed by atoms with van der Waals surface area (Å²) in [6.45, 7) is 3.38. The molecule has 2 aromatic heterocycles. The Hall–Kier alpha value is -1.55. The molecule has 1 aliphatic rings. The van der Waals surface area contributed by atoms with Crippen molar-refractivity contribution in [1.82, 2.24) is 14.9 Å². The molecule has 2 aromatic rings. The summed E-state index contributed by atoms with van der Waals surface area (Å²) in [6, 6.07) is 3.98. The topological polar surface area (TPSA) is 43.0 Å². The molecular weight excluding hydrogens is 250 g/mol. The van der Waals surface area contributed by atoms with Gasteiger partial charge in [0.15, 0.2) is 0 Å². The fourth-order valence-corrected chi connectivity index (χ4v) is 3.18. The molecule has 0 radical (unpaired) electrons.